The summed E-state index contributed by atoms with van der Waals surface area (Å²) in [4.78, 5) is 25.9. The van der Waals surface area contributed by atoms with Gasteiger partial charge in [-0.1, -0.05) is 29.8 Å². The van der Waals surface area contributed by atoms with Crippen molar-refractivity contribution in [2.45, 2.75) is 12.8 Å². The molecular weight excluding hydrogens is 354 g/mol. The van der Waals surface area contributed by atoms with Crippen molar-refractivity contribution < 1.29 is 19.1 Å². The van der Waals surface area contributed by atoms with Crippen LogP contribution >= 0.6 is 11.6 Å². The highest BCUT2D eigenvalue weighted by Crippen LogP contribution is 2.15. The molecule has 26 heavy (non-hydrogen) atoms. The SMILES string of the molecule is COC(=O)CCN(CCc1ccc(OC)cc1)C(=O)c1cccc(Cl)c1. The lowest BCUT2D eigenvalue weighted by molar-refractivity contribution is -0.140. The third-order valence-electron chi connectivity index (χ3n) is 4.00. The van der Waals surface area contributed by atoms with Gasteiger partial charge in [-0.25, -0.2) is 0 Å². The Morgan fingerprint density at radius 2 is 1.77 bits per heavy atom. The van der Waals surface area contributed by atoms with Gasteiger partial charge in [0.05, 0.1) is 20.6 Å². The fourth-order valence-corrected chi connectivity index (χ4v) is 2.69. The van der Waals surface area contributed by atoms with Crippen LogP contribution in [-0.2, 0) is 16.0 Å². The van der Waals surface area contributed by atoms with Crippen LogP contribution in [0.1, 0.15) is 22.3 Å². The van der Waals surface area contributed by atoms with E-state index in [4.69, 9.17) is 16.3 Å². The molecule has 0 aliphatic carbocycles. The van der Waals surface area contributed by atoms with Crippen LogP contribution in [-0.4, -0.2) is 44.1 Å². The summed E-state index contributed by atoms with van der Waals surface area (Å²) in [7, 11) is 2.95. The third kappa shape index (κ3) is 5.77. The summed E-state index contributed by atoms with van der Waals surface area (Å²) in [5.41, 5.74) is 1.57. The van der Waals surface area contributed by atoms with E-state index >= 15 is 0 Å². The highest BCUT2D eigenvalue weighted by Gasteiger charge is 2.17. The van der Waals surface area contributed by atoms with Gasteiger partial charge in [-0.15, -0.1) is 0 Å². The second kappa shape index (κ2) is 9.82. The molecule has 2 aromatic rings. The number of carbonyl (C=O) groups is 2. The van der Waals surface area contributed by atoms with Crippen LogP contribution < -0.4 is 4.74 Å². The lowest BCUT2D eigenvalue weighted by Crippen LogP contribution is -2.35. The molecule has 1 amide bonds. The smallest absolute Gasteiger partial charge is 0.307 e. The van der Waals surface area contributed by atoms with E-state index in [1.54, 1.807) is 36.3 Å². The second-order valence-corrected chi connectivity index (χ2v) is 6.16. The van der Waals surface area contributed by atoms with E-state index in [0.717, 1.165) is 11.3 Å². The van der Waals surface area contributed by atoms with Gasteiger partial charge in [0.15, 0.2) is 0 Å². The normalized spacial score (nSPS) is 10.3. The maximum Gasteiger partial charge on any atom is 0.307 e. The molecule has 0 saturated carbocycles. The Balaban J connectivity index is 2.08. The molecule has 5 nitrogen and oxygen atoms in total. The van der Waals surface area contributed by atoms with Crippen molar-refractivity contribution in [3.05, 3.63) is 64.7 Å². The Morgan fingerprint density at radius 1 is 1.04 bits per heavy atom. The monoisotopic (exact) mass is 375 g/mol. The van der Waals surface area contributed by atoms with E-state index in [1.165, 1.54) is 7.11 Å². The minimum atomic E-state index is -0.349. The van der Waals surface area contributed by atoms with E-state index < -0.39 is 0 Å². The van der Waals surface area contributed by atoms with Crippen molar-refractivity contribution >= 4 is 23.5 Å². The molecule has 0 aromatic heterocycles. The van der Waals surface area contributed by atoms with Crippen LogP contribution in [0.15, 0.2) is 48.5 Å². The molecule has 0 spiro atoms. The van der Waals surface area contributed by atoms with E-state index in [0.29, 0.717) is 23.6 Å². The number of benzene rings is 2. The van der Waals surface area contributed by atoms with Crippen LogP contribution in [0.4, 0.5) is 0 Å². The lowest BCUT2D eigenvalue weighted by Gasteiger charge is -2.22. The summed E-state index contributed by atoms with van der Waals surface area (Å²) >= 11 is 5.99. The minimum Gasteiger partial charge on any atom is -0.497 e. The molecule has 0 unspecified atom stereocenters. The zero-order chi connectivity index (χ0) is 18.9. The number of methoxy groups -OCH3 is 2. The average molecular weight is 376 g/mol. The van der Waals surface area contributed by atoms with E-state index in [9.17, 15) is 9.59 Å². The molecule has 2 rings (SSSR count). The van der Waals surface area contributed by atoms with Crippen LogP contribution in [0.2, 0.25) is 5.02 Å². The van der Waals surface area contributed by atoms with Crippen molar-refractivity contribution in [1.82, 2.24) is 4.90 Å². The van der Waals surface area contributed by atoms with Crippen molar-refractivity contribution in [2.24, 2.45) is 0 Å². The quantitative estimate of drug-likeness (QED) is 0.661. The molecule has 138 valence electrons. The highest BCUT2D eigenvalue weighted by atomic mass is 35.5. The van der Waals surface area contributed by atoms with Crippen molar-refractivity contribution in [3.8, 4) is 5.75 Å². The average Bonchev–Trinajstić information content (AvgIpc) is 2.67. The van der Waals surface area contributed by atoms with Crippen molar-refractivity contribution in [1.29, 1.82) is 0 Å². The molecule has 0 atom stereocenters. The van der Waals surface area contributed by atoms with Gasteiger partial charge < -0.3 is 14.4 Å². The first kappa shape index (κ1) is 19.8. The summed E-state index contributed by atoms with van der Waals surface area (Å²) in [5, 5.41) is 0.499. The Kier molecular flexibility index (Phi) is 7.48. The van der Waals surface area contributed by atoms with Gasteiger partial charge in [-0.05, 0) is 42.3 Å². The number of halogens is 1. The number of esters is 1. The summed E-state index contributed by atoms with van der Waals surface area (Å²) in [6.45, 7) is 0.767. The fraction of sp³-hybridized carbons (Fsp3) is 0.300. The molecule has 0 N–H and O–H groups in total. The van der Waals surface area contributed by atoms with Gasteiger partial charge in [0.1, 0.15) is 5.75 Å². The number of hydrogen-bond acceptors (Lipinski definition) is 4. The van der Waals surface area contributed by atoms with Gasteiger partial charge in [0.2, 0.25) is 0 Å². The van der Waals surface area contributed by atoms with E-state index in [-0.39, 0.29) is 24.8 Å². The zero-order valence-corrected chi connectivity index (χ0v) is 15.7. The Labute approximate surface area is 158 Å². The number of hydrogen-bond donors (Lipinski definition) is 0. The number of ether oxygens (including phenoxy) is 2. The Morgan fingerprint density at radius 3 is 2.38 bits per heavy atom. The minimum absolute atomic E-state index is 0.144. The second-order valence-electron chi connectivity index (χ2n) is 5.73. The van der Waals surface area contributed by atoms with Crippen LogP contribution in [0.25, 0.3) is 0 Å². The molecule has 0 bridgehead atoms. The molecular formula is C20H22ClNO4. The largest absolute Gasteiger partial charge is 0.497 e. The fourth-order valence-electron chi connectivity index (χ4n) is 2.50. The standard InChI is InChI=1S/C20H22ClNO4/c1-25-18-8-6-15(7-9-18)10-12-22(13-11-19(23)26-2)20(24)16-4-3-5-17(21)14-16/h3-9,14H,10-13H2,1-2H3. The zero-order valence-electron chi connectivity index (χ0n) is 14.9. The first-order valence-electron chi connectivity index (χ1n) is 8.28. The van der Waals surface area contributed by atoms with Crippen LogP contribution in [0.3, 0.4) is 0 Å². The van der Waals surface area contributed by atoms with Crippen LogP contribution in [0, 0.1) is 0 Å². The molecule has 0 aliphatic rings. The summed E-state index contributed by atoms with van der Waals surface area (Å²) in [5.74, 6) is 0.273. The van der Waals surface area contributed by atoms with Crippen LogP contribution in [0.5, 0.6) is 5.75 Å². The van der Waals surface area contributed by atoms with E-state index in [1.807, 2.05) is 24.3 Å². The van der Waals surface area contributed by atoms with Gasteiger partial charge in [-0.2, -0.15) is 0 Å². The maximum atomic E-state index is 12.8. The van der Waals surface area contributed by atoms with Crippen molar-refractivity contribution in [3.63, 3.8) is 0 Å². The Bertz CT molecular complexity index is 746. The van der Waals surface area contributed by atoms with E-state index in [2.05, 4.69) is 4.74 Å². The molecule has 0 heterocycles. The molecule has 0 aliphatic heterocycles. The molecule has 0 fully saturated rings. The number of nitrogens with zero attached hydrogens (tertiary/aromatic N) is 1. The third-order valence-corrected chi connectivity index (χ3v) is 4.24. The molecule has 2 aromatic carbocycles. The van der Waals surface area contributed by atoms with Crippen molar-refractivity contribution in [2.75, 3.05) is 27.3 Å². The molecule has 6 heteroatoms. The lowest BCUT2D eigenvalue weighted by atomic mass is 10.1. The Hall–Kier alpha value is -2.53. The maximum absolute atomic E-state index is 12.8. The predicted molar refractivity (Wildman–Crippen MR) is 101 cm³/mol. The van der Waals surface area contributed by atoms with Gasteiger partial charge >= 0.3 is 5.97 Å². The number of carbonyl (C=O) groups excluding carboxylic acids is 2. The van der Waals surface area contributed by atoms with Gasteiger partial charge in [0, 0.05) is 23.7 Å². The summed E-state index contributed by atoms with van der Waals surface area (Å²) in [6.07, 6.45) is 0.808. The molecule has 0 radical (unpaired) electrons. The summed E-state index contributed by atoms with van der Waals surface area (Å²) in [6, 6.07) is 14.5. The van der Waals surface area contributed by atoms with Gasteiger partial charge in [0.25, 0.3) is 5.91 Å². The molecule has 0 saturated heterocycles. The topological polar surface area (TPSA) is 55.8 Å². The number of amides is 1. The highest BCUT2D eigenvalue weighted by molar-refractivity contribution is 6.30. The first-order valence-corrected chi connectivity index (χ1v) is 8.66. The first-order chi connectivity index (χ1) is 12.5. The summed E-state index contributed by atoms with van der Waals surface area (Å²) < 4.78 is 9.83. The van der Waals surface area contributed by atoms with Gasteiger partial charge in [-0.3, -0.25) is 9.59 Å². The predicted octanol–water partition coefficient (Wildman–Crippen LogP) is 3.60. The number of rotatable bonds is 8.